The summed E-state index contributed by atoms with van der Waals surface area (Å²) in [4.78, 5) is 23.5. The van der Waals surface area contributed by atoms with Crippen LogP contribution in [0.1, 0.15) is 23.0 Å². The molecule has 0 aliphatic heterocycles. The summed E-state index contributed by atoms with van der Waals surface area (Å²) in [7, 11) is 0. The minimum Gasteiger partial charge on any atom is -0.462 e. The van der Waals surface area contributed by atoms with E-state index in [0.717, 1.165) is 5.69 Å². The van der Waals surface area contributed by atoms with Gasteiger partial charge in [-0.2, -0.15) is 5.10 Å². The van der Waals surface area contributed by atoms with Crippen molar-refractivity contribution in [2.75, 3.05) is 6.61 Å². The highest BCUT2D eigenvalue weighted by Crippen LogP contribution is 2.33. The van der Waals surface area contributed by atoms with Crippen molar-refractivity contribution in [2.45, 2.75) is 13.8 Å². The highest BCUT2D eigenvalue weighted by atomic mass is 16.6. The zero-order valence-corrected chi connectivity index (χ0v) is 14.4. The molecule has 3 aromatic rings. The summed E-state index contributed by atoms with van der Waals surface area (Å²) in [5.41, 5.74) is 1.93. The fourth-order valence-electron chi connectivity index (χ4n) is 2.79. The second-order valence-electron chi connectivity index (χ2n) is 5.55. The molecule has 1 aromatic heterocycles. The van der Waals surface area contributed by atoms with E-state index < -0.39 is 10.9 Å². The van der Waals surface area contributed by atoms with Crippen LogP contribution in [-0.2, 0) is 4.74 Å². The molecule has 132 valence electrons. The molecular weight excluding hydrogens is 334 g/mol. The number of rotatable bonds is 5. The molecule has 2 aromatic carbocycles. The van der Waals surface area contributed by atoms with Crippen molar-refractivity contribution in [3.05, 3.63) is 76.0 Å². The van der Waals surface area contributed by atoms with Crippen LogP contribution in [0.3, 0.4) is 0 Å². The van der Waals surface area contributed by atoms with Crippen LogP contribution in [0.5, 0.6) is 0 Å². The number of nitro benzene ring substituents is 1. The van der Waals surface area contributed by atoms with Crippen LogP contribution in [0.15, 0.2) is 54.6 Å². The number of aromatic nitrogens is 2. The summed E-state index contributed by atoms with van der Waals surface area (Å²) in [6.45, 7) is 3.65. The number of carbonyl (C=O) groups is 1. The Morgan fingerprint density at radius 1 is 1.15 bits per heavy atom. The number of hydrogen-bond donors (Lipinski definition) is 0. The number of para-hydroxylation sites is 2. The first kappa shape index (κ1) is 17.3. The van der Waals surface area contributed by atoms with E-state index in [9.17, 15) is 14.9 Å². The van der Waals surface area contributed by atoms with Gasteiger partial charge in [0.2, 0.25) is 0 Å². The number of ether oxygens (including phenoxy) is 1. The second-order valence-corrected chi connectivity index (χ2v) is 5.55. The van der Waals surface area contributed by atoms with Crippen LogP contribution in [0.4, 0.5) is 5.69 Å². The Hall–Kier alpha value is -3.48. The lowest BCUT2D eigenvalue weighted by Gasteiger charge is -2.05. The summed E-state index contributed by atoms with van der Waals surface area (Å²) in [6.07, 6.45) is 0. The largest absolute Gasteiger partial charge is 0.462 e. The molecule has 7 heteroatoms. The van der Waals surface area contributed by atoms with Gasteiger partial charge in [-0.15, -0.1) is 0 Å². The van der Waals surface area contributed by atoms with Crippen molar-refractivity contribution in [3.8, 4) is 16.9 Å². The van der Waals surface area contributed by atoms with Crippen LogP contribution in [0.2, 0.25) is 0 Å². The van der Waals surface area contributed by atoms with Gasteiger partial charge in [0.1, 0.15) is 11.3 Å². The third-order valence-corrected chi connectivity index (χ3v) is 3.95. The fraction of sp³-hybridized carbons (Fsp3) is 0.158. The summed E-state index contributed by atoms with van der Waals surface area (Å²) < 4.78 is 6.75. The number of carbonyl (C=O) groups excluding carboxylic acids is 1. The van der Waals surface area contributed by atoms with Gasteiger partial charge in [0, 0.05) is 6.07 Å². The fourth-order valence-corrected chi connectivity index (χ4v) is 2.79. The molecular formula is C19H17N3O4. The van der Waals surface area contributed by atoms with E-state index in [2.05, 4.69) is 5.10 Å². The quantitative estimate of drug-likeness (QED) is 0.395. The van der Waals surface area contributed by atoms with Gasteiger partial charge in [0.05, 0.1) is 28.5 Å². The Kier molecular flexibility index (Phi) is 4.79. The zero-order valence-electron chi connectivity index (χ0n) is 14.4. The van der Waals surface area contributed by atoms with Gasteiger partial charge in [-0.05, 0) is 32.0 Å². The van der Waals surface area contributed by atoms with Gasteiger partial charge in [0.25, 0.3) is 5.69 Å². The monoisotopic (exact) mass is 351 g/mol. The summed E-state index contributed by atoms with van der Waals surface area (Å²) in [5.74, 6) is -0.555. The molecule has 0 bridgehead atoms. The number of benzene rings is 2. The van der Waals surface area contributed by atoms with E-state index in [4.69, 9.17) is 4.74 Å². The van der Waals surface area contributed by atoms with Crippen LogP contribution in [0, 0.1) is 17.0 Å². The molecule has 0 amide bonds. The third kappa shape index (κ3) is 3.06. The molecule has 0 N–H and O–H groups in total. The number of esters is 1. The first-order valence-corrected chi connectivity index (χ1v) is 8.10. The van der Waals surface area contributed by atoms with Crippen molar-refractivity contribution in [1.82, 2.24) is 9.78 Å². The molecule has 26 heavy (non-hydrogen) atoms. The van der Waals surface area contributed by atoms with E-state index in [0.29, 0.717) is 5.69 Å². The standard InChI is InChI=1S/C19H17N3O4/c1-3-26-19(23)17-13(2)21(14-9-5-4-6-10-14)20-18(17)15-11-7-8-12-16(15)22(24)25/h4-12H,3H2,1-2H3. The summed E-state index contributed by atoms with van der Waals surface area (Å²) in [6, 6.07) is 15.5. The highest BCUT2D eigenvalue weighted by Gasteiger charge is 2.28. The Morgan fingerprint density at radius 2 is 1.81 bits per heavy atom. The zero-order chi connectivity index (χ0) is 18.7. The topological polar surface area (TPSA) is 87.3 Å². The Morgan fingerprint density at radius 3 is 2.46 bits per heavy atom. The van der Waals surface area contributed by atoms with E-state index in [-0.39, 0.29) is 29.1 Å². The maximum Gasteiger partial charge on any atom is 0.342 e. The molecule has 0 spiro atoms. The predicted molar refractivity (Wildman–Crippen MR) is 96.3 cm³/mol. The van der Waals surface area contributed by atoms with Crippen molar-refractivity contribution in [3.63, 3.8) is 0 Å². The average molecular weight is 351 g/mol. The SMILES string of the molecule is CCOC(=O)c1c(-c2ccccc2[N+](=O)[O-])nn(-c2ccccc2)c1C. The van der Waals surface area contributed by atoms with Crippen LogP contribution in [-0.4, -0.2) is 27.3 Å². The summed E-state index contributed by atoms with van der Waals surface area (Å²) >= 11 is 0. The normalized spacial score (nSPS) is 10.5. The third-order valence-electron chi connectivity index (χ3n) is 3.95. The van der Waals surface area contributed by atoms with E-state index in [1.165, 1.54) is 6.07 Å². The minimum absolute atomic E-state index is 0.115. The molecule has 0 atom stereocenters. The molecule has 0 unspecified atom stereocenters. The molecule has 1 heterocycles. The maximum atomic E-state index is 12.5. The number of nitro groups is 1. The molecule has 3 rings (SSSR count). The minimum atomic E-state index is -0.555. The van der Waals surface area contributed by atoms with Gasteiger partial charge in [-0.3, -0.25) is 10.1 Å². The number of nitrogens with zero attached hydrogens (tertiary/aromatic N) is 3. The molecule has 0 aliphatic rings. The van der Waals surface area contributed by atoms with Crippen molar-refractivity contribution >= 4 is 11.7 Å². The lowest BCUT2D eigenvalue weighted by Crippen LogP contribution is -2.08. The Labute approximate surface area is 150 Å². The molecule has 0 saturated carbocycles. The molecule has 0 aliphatic carbocycles. The van der Waals surface area contributed by atoms with Gasteiger partial charge in [0.15, 0.2) is 0 Å². The van der Waals surface area contributed by atoms with Gasteiger partial charge >= 0.3 is 5.97 Å². The Bertz CT molecular complexity index is 964. The maximum absolute atomic E-state index is 12.5. The molecule has 0 fully saturated rings. The second kappa shape index (κ2) is 7.18. The Balaban J connectivity index is 2.28. The van der Waals surface area contributed by atoms with Crippen molar-refractivity contribution in [2.24, 2.45) is 0 Å². The summed E-state index contributed by atoms with van der Waals surface area (Å²) in [5, 5.41) is 15.9. The first-order valence-electron chi connectivity index (χ1n) is 8.10. The van der Waals surface area contributed by atoms with Crippen LogP contribution < -0.4 is 0 Å². The predicted octanol–water partition coefficient (Wildman–Crippen LogP) is 3.93. The molecule has 0 saturated heterocycles. The van der Waals surface area contributed by atoms with Gasteiger partial charge in [-0.25, -0.2) is 9.48 Å². The average Bonchev–Trinajstić information content (AvgIpc) is 3.00. The van der Waals surface area contributed by atoms with E-state index in [1.54, 1.807) is 36.7 Å². The van der Waals surface area contributed by atoms with E-state index >= 15 is 0 Å². The number of hydrogen-bond acceptors (Lipinski definition) is 5. The molecule has 7 nitrogen and oxygen atoms in total. The van der Waals surface area contributed by atoms with Crippen LogP contribution in [0.25, 0.3) is 16.9 Å². The molecule has 0 radical (unpaired) electrons. The van der Waals surface area contributed by atoms with Crippen molar-refractivity contribution in [1.29, 1.82) is 0 Å². The van der Waals surface area contributed by atoms with Gasteiger partial charge < -0.3 is 4.74 Å². The smallest absolute Gasteiger partial charge is 0.342 e. The lowest BCUT2D eigenvalue weighted by atomic mass is 10.0. The van der Waals surface area contributed by atoms with Crippen LogP contribution >= 0.6 is 0 Å². The van der Waals surface area contributed by atoms with Gasteiger partial charge in [-0.1, -0.05) is 30.3 Å². The lowest BCUT2D eigenvalue weighted by molar-refractivity contribution is -0.384. The highest BCUT2D eigenvalue weighted by molar-refractivity contribution is 5.98. The van der Waals surface area contributed by atoms with Crippen molar-refractivity contribution < 1.29 is 14.5 Å². The van der Waals surface area contributed by atoms with E-state index in [1.807, 2.05) is 30.3 Å². The first-order chi connectivity index (χ1) is 12.5.